The summed E-state index contributed by atoms with van der Waals surface area (Å²) in [5.41, 5.74) is 2.04. The molecule has 0 atom stereocenters. The van der Waals surface area contributed by atoms with E-state index in [4.69, 9.17) is 9.47 Å². The largest absolute Gasteiger partial charge is 0.487 e. The Labute approximate surface area is 168 Å². The van der Waals surface area contributed by atoms with Gasteiger partial charge in [-0.3, -0.25) is 9.98 Å². The fourth-order valence-electron chi connectivity index (χ4n) is 2.52. The molecule has 0 aliphatic heterocycles. The number of aliphatic imine (C=N–C) groups is 1. The maximum Gasteiger partial charge on any atom is 0.191 e. The van der Waals surface area contributed by atoms with Crippen LogP contribution in [-0.4, -0.2) is 37.7 Å². The lowest BCUT2D eigenvalue weighted by molar-refractivity contribution is 0.129. The number of unbranched alkanes of at least 4 members (excludes halogenated alkanes) is 1. The quantitative estimate of drug-likeness (QED) is 0.333. The summed E-state index contributed by atoms with van der Waals surface area (Å²) in [6.07, 6.45) is 5.03. The molecule has 1 aromatic carbocycles. The minimum Gasteiger partial charge on any atom is -0.487 e. The molecule has 0 aliphatic carbocycles. The zero-order chi connectivity index (χ0) is 19.9. The Morgan fingerprint density at radius 2 is 1.96 bits per heavy atom. The summed E-state index contributed by atoms with van der Waals surface area (Å²) in [4.78, 5) is 8.54. The Morgan fingerprint density at radius 3 is 2.75 bits per heavy atom. The Balaban J connectivity index is 1.69. The number of rotatable bonds is 12. The first-order chi connectivity index (χ1) is 13.8. The summed E-state index contributed by atoms with van der Waals surface area (Å²) >= 11 is 0. The van der Waals surface area contributed by atoms with Gasteiger partial charge in [-0.15, -0.1) is 0 Å². The van der Waals surface area contributed by atoms with E-state index in [9.17, 15) is 0 Å². The van der Waals surface area contributed by atoms with Gasteiger partial charge in [0.1, 0.15) is 12.4 Å². The van der Waals surface area contributed by atoms with Crippen LogP contribution in [0.25, 0.3) is 0 Å². The molecular formula is C22H32N4O2. The van der Waals surface area contributed by atoms with Crippen LogP contribution in [-0.2, 0) is 17.9 Å². The molecule has 0 aliphatic rings. The Kier molecular flexibility index (Phi) is 10.5. The number of nitrogens with one attached hydrogen (secondary N) is 2. The molecule has 6 heteroatoms. The van der Waals surface area contributed by atoms with Gasteiger partial charge in [-0.25, -0.2) is 0 Å². The Morgan fingerprint density at radius 1 is 1.07 bits per heavy atom. The first kappa shape index (κ1) is 21.7. The van der Waals surface area contributed by atoms with Gasteiger partial charge in [0.15, 0.2) is 5.96 Å². The number of ether oxygens (including phenoxy) is 2. The molecular weight excluding hydrogens is 352 g/mol. The summed E-state index contributed by atoms with van der Waals surface area (Å²) in [5, 5.41) is 6.64. The molecule has 28 heavy (non-hydrogen) atoms. The second-order valence-electron chi connectivity index (χ2n) is 6.43. The molecule has 0 bridgehead atoms. The smallest absolute Gasteiger partial charge is 0.191 e. The number of aromatic nitrogens is 1. The maximum atomic E-state index is 5.84. The zero-order valence-electron chi connectivity index (χ0n) is 17.0. The van der Waals surface area contributed by atoms with Crippen LogP contribution in [0.3, 0.4) is 0 Å². The van der Waals surface area contributed by atoms with Crippen molar-refractivity contribution in [1.29, 1.82) is 0 Å². The normalized spacial score (nSPS) is 11.3. The molecule has 0 radical (unpaired) electrons. The lowest BCUT2D eigenvalue weighted by Gasteiger charge is -2.13. The SMILES string of the molecule is CCCCOCCCNC(=NC)NCc1cccc(OCc2ccccn2)c1. The highest BCUT2D eigenvalue weighted by Gasteiger charge is 2.01. The van der Waals surface area contributed by atoms with Gasteiger partial charge < -0.3 is 20.1 Å². The highest BCUT2D eigenvalue weighted by molar-refractivity contribution is 5.79. The number of guanidine groups is 1. The van der Waals surface area contributed by atoms with Gasteiger partial charge in [-0.1, -0.05) is 31.5 Å². The van der Waals surface area contributed by atoms with Gasteiger partial charge in [0.2, 0.25) is 0 Å². The second kappa shape index (κ2) is 13.6. The van der Waals surface area contributed by atoms with Crippen molar-refractivity contribution in [3.8, 4) is 5.75 Å². The fourth-order valence-corrected chi connectivity index (χ4v) is 2.52. The predicted molar refractivity (Wildman–Crippen MR) is 114 cm³/mol. The maximum absolute atomic E-state index is 5.84. The number of hydrogen-bond donors (Lipinski definition) is 2. The molecule has 0 amide bonds. The third-order valence-corrected chi connectivity index (χ3v) is 4.10. The molecule has 2 rings (SSSR count). The topological polar surface area (TPSA) is 67.8 Å². The minimum atomic E-state index is 0.460. The van der Waals surface area contributed by atoms with E-state index in [2.05, 4.69) is 33.6 Å². The van der Waals surface area contributed by atoms with E-state index in [0.717, 1.165) is 55.6 Å². The number of benzene rings is 1. The van der Waals surface area contributed by atoms with Crippen LogP contribution in [0.15, 0.2) is 53.7 Å². The third-order valence-electron chi connectivity index (χ3n) is 4.10. The van der Waals surface area contributed by atoms with Crippen LogP contribution < -0.4 is 15.4 Å². The van der Waals surface area contributed by atoms with Crippen LogP contribution in [0.4, 0.5) is 0 Å². The molecule has 152 valence electrons. The minimum absolute atomic E-state index is 0.460. The van der Waals surface area contributed by atoms with Gasteiger partial charge in [0.05, 0.1) is 5.69 Å². The van der Waals surface area contributed by atoms with E-state index in [0.29, 0.717) is 13.2 Å². The van der Waals surface area contributed by atoms with Gasteiger partial charge in [0, 0.05) is 39.5 Å². The third kappa shape index (κ3) is 8.86. The van der Waals surface area contributed by atoms with Crippen LogP contribution in [0.1, 0.15) is 37.4 Å². The second-order valence-corrected chi connectivity index (χ2v) is 6.43. The fraction of sp³-hybridized carbons (Fsp3) is 0.455. The van der Waals surface area contributed by atoms with E-state index in [1.54, 1.807) is 13.2 Å². The van der Waals surface area contributed by atoms with Crippen LogP contribution in [0.2, 0.25) is 0 Å². The first-order valence-corrected chi connectivity index (χ1v) is 9.95. The van der Waals surface area contributed by atoms with Crippen molar-refractivity contribution in [2.45, 2.75) is 39.3 Å². The van der Waals surface area contributed by atoms with Crippen molar-refractivity contribution in [1.82, 2.24) is 15.6 Å². The molecule has 2 aromatic rings. The molecule has 0 unspecified atom stereocenters. The predicted octanol–water partition coefficient (Wildman–Crippen LogP) is 3.53. The van der Waals surface area contributed by atoms with Crippen molar-refractivity contribution >= 4 is 5.96 Å². The zero-order valence-corrected chi connectivity index (χ0v) is 17.0. The van der Waals surface area contributed by atoms with Gasteiger partial charge in [-0.2, -0.15) is 0 Å². The number of nitrogens with zero attached hydrogens (tertiary/aromatic N) is 2. The monoisotopic (exact) mass is 384 g/mol. The average molecular weight is 385 g/mol. The lowest BCUT2D eigenvalue weighted by atomic mass is 10.2. The van der Waals surface area contributed by atoms with Crippen molar-refractivity contribution in [3.05, 3.63) is 59.9 Å². The summed E-state index contributed by atoms with van der Waals surface area (Å²) in [7, 11) is 1.78. The van der Waals surface area contributed by atoms with Crippen molar-refractivity contribution in [2.24, 2.45) is 4.99 Å². The first-order valence-electron chi connectivity index (χ1n) is 9.95. The molecule has 2 N–H and O–H groups in total. The van der Waals surface area contributed by atoms with Crippen molar-refractivity contribution in [2.75, 3.05) is 26.8 Å². The molecule has 1 heterocycles. The highest BCUT2D eigenvalue weighted by Crippen LogP contribution is 2.14. The van der Waals surface area contributed by atoms with E-state index < -0.39 is 0 Å². The van der Waals surface area contributed by atoms with E-state index in [1.807, 2.05) is 36.4 Å². The van der Waals surface area contributed by atoms with E-state index >= 15 is 0 Å². The Hall–Kier alpha value is -2.60. The summed E-state index contributed by atoms with van der Waals surface area (Å²) in [5.74, 6) is 1.62. The molecule has 0 saturated heterocycles. The molecule has 6 nitrogen and oxygen atoms in total. The molecule has 1 aromatic heterocycles. The van der Waals surface area contributed by atoms with Crippen LogP contribution >= 0.6 is 0 Å². The molecule has 0 spiro atoms. The summed E-state index contributed by atoms with van der Waals surface area (Å²) < 4.78 is 11.4. The molecule has 0 fully saturated rings. The Bertz CT molecular complexity index is 692. The van der Waals surface area contributed by atoms with Gasteiger partial charge in [0.25, 0.3) is 0 Å². The van der Waals surface area contributed by atoms with Crippen molar-refractivity contribution in [3.63, 3.8) is 0 Å². The van der Waals surface area contributed by atoms with E-state index in [-0.39, 0.29) is 0 Å². The standard InChI is InChI=1S/C22H32N4O2/c1-3-4-14-27-15-8-13-25-22(23-2)26-17-19-9-7-11-21(16-19)28-18-20-10-5-6-12-24-20/h5-7,9-12,16H,3-4,8,13-15,17-18H2,1-2H3,(H2,23,25,26). The number of pyridine rings is 1. The van der Waals surface area contributed by atoms with Crippen LogP contribution in [0, 0.1) is 0 Å². The van der Waals surface area contributed by atoms with Crippen LogP contribution in [0.5, 0.6) is 5.75 Å². The average Bonchev–Trinajstić information content (AvgIpc) is 2.75. The van der Waals surface area contributed by atoms with Gasteiger partial charge in [-0.05, 0) is 42.7 Å². The summed E-state index contributed by atoms with van der Waals surface area (Å²) in [6, 6.07) is 13.9. The van der Waals surface area contributed by atoms with Crippen molar-refractivity contribution < 1.29 is 9.47 Å². The molecule has 0 saturated carbocycles. The highest BCUT2D eigenvalue weighted by atomic mass is 16.5. The van der Waals surface area contributed by atoms with E-state index in [1.165, 1.54) is 6.42 Å². The lowest BCUT2D eigenvalue weighted by Crippen LogP contribution is -2.37. The number of hydrogen-bond acceptors (Lipinski definition) is 4. The summed E-state index contributed by atoms with van der Waals surface area (Å²) in [6.45, 7) is 5.76. The van der Waals surface area contributed by atoms with Gasteiger partial charge >= 0.3 is 0 Å².